The third-order valence-corrected chi connectivity index (χ3v) is 3.60. The molecule has 23 heavy (non-hydrogen) atoms. The van der Waals surface area contributed by atoms with E-state index in [2.05, 4.69) is 14.5 Å². The van der Waals surface area contributed by atoms with Crippen LogP contribution in [0.5, 0.6) is 0 Å². The van der Waals surface area contributed by atoms with E-state index in [-0.39, 0.29) is 6.42 Å². The van der Waals surface area contributed by atoms with Crippen LogP contribution in [0.15, 0.2) is 61.1 Å². The second kappa shape index (κ2) is 6.87. The summed E-state index contributed by atoms with van der Waals surface area (Å²) in [6, 6.07) is 13.8. The van der Waals surface area contributed by atoms with Crippen LogP contribution in [0.1, 0.15) is 18.7 Å². The van der Waals surface area contributed by atoms with Crippen molar-refractivity contribution in [2.45, 2.75) is 19.3 Å². The molecule has 0 radical (unpaired) electrons. The van der Waals surface area contributed by atoms with Gasteiger partial charge in [0.1, 0.15) is 5.82 Å². The van der Waals surface area contributed by atoms with Crippen molar-refractivity contribution in [3.05, 3.63) is 66.9 Å². The van der Waals surface area contributed by atoms with Crippen LogP contribution in [-0.4, -0.2) is 25.6 Å². The molecule has 1 aromatic carbocycles. The van der Waals surface area contributed by atoms with Crippen molar-refractivity contribution in [3.8, 4) is 16.9 Å². The molecule has 0 fully saturated rings. The van der Waals surface area contributed by atoms with Gasteiger partial charge in [-0.2, -0.15) is 0 Å². The predicted molar refractivity (Wildman–Crippen MR) is 87.4 cm³/mol. The minimum Gasteiger partial charge on any atom is -0.481 e. The van der Waals surface area contributed by atoms with E-state index in [1.54, 1.807) is 12.4 Å². The number of pyridine rings is 1. The number of carbonyl (C=O) groups is 1. The first-order valence-electron chi connectivity index (χ1n) is 7.50. The zero-order valence-corrected chi connectivity index (χ0v) is 12.6. The van der Waals surface area contributed by atoms with Crippen molar-refractivity contribution in [1.29, 1.82) is 0 Å². The van der Waals surface area contributed by atoms with Crippen LogP contribution in [0.2, 0.25) is 0 Å². The van der Waals surface area contributed by atoms with E-state index in [1.807, 2.05) is 48.7 Å². The first kappa shape index (κ1) is 15.0. The van der Waals surface area contributed by atoms with E-state index in [0.717, 1.165) is 22.8 Å². The summed E-state index contributed by atoms with van der Waals surface area (Å²) in [5, 5.41) is 8.83. The van der Waals surface area contributed by atoms with Crippen molar-refractivity contribution in [2.24, 2.45) is 0 Å². The van der Waals surface area contributed by atoms with Gasteiger partial charge in [-0.1, -0.05) is 18.2 Å². The van der Waals surface area contributed by atoms with Gasteiger partial charge in [0, 0.05) is 36.5 Å². The molecule has 0 aliphatic heterocycles. The number of nitrogens with zero attached hydrogens (tertiary/aromatic N) is 3. The molecular weight excluding hydrogens is 290 g/mol. The molecule has 0 amide bonds. The number of carboxylic acids is 1. The van der Waals surface area contributed by atoms with Gasteiger partial charge < -0.3 is 5.11 Å². The lowest BCUT2D eigenvalue weighted by molar-refractivity contribution is -0.137. The third-order valence-electron chi connectivity index (χ3n) is 3.60. The van der Waals surface area contributed by atoms with Gasteiger partial charge in [-0.15, -0.1) is 0 Å². The summed E-state index contributed by atoms with van der Waals surface area (Å²) in [5.74, 6) is 0.0756. The first-order chi connectivity index (χ1) is 11.3. The van der Waals surface area contributed by atoms with Crippen LogP contribution in [0.25, 0.3) is 16.9 Å². The number of benzene rings is 1. The molecule has 0 saturated heterocycles. The summed E-state index contributed by atoms with van der Waals surface area (Å²) in [6.07, 6.45) is 6.68. The Morgan fingerprint density at radius 1 is 1.09 bits per heavy atom. The number of para-hydroxylation sites is 1. The molecule has 3 rings (SSSR count). The summed E-state index contributed by atoms with van der Waals surface area (Å²) in [6.45, 7) is 0. The summed E-state index contributed by atoms with van der Waals surface area (Å²) < 4.78 is 2.07. The van der Waals surface area contributed by atoms with Gasteiger partial charge in [0.25, 0.3) is 0 Å². The molecular formula is C18H17N3O2. The van der Waals surface area contributed by atoms with Crippen LogP contribution < -0.4 is 0 Å². The Kier molecular flexibility index (Phi) is 4.47. The van der Waals surface area contributed by atoms with E-state index in [9.17, 15) is 4.79 Å². The van der Waals surface area contributed by atoms with Crippen molar-refractivity contribution in [3.63, 3.8) is 0 Å². The lowest BCUT2D eigenvalue weighted by Crippen LogP contribution is -2.05. The number of aryl methyl sites for hydroxylation is 1. The highest BCUT2D eigenvalue weighted by Gasteiger charge is 2.13. The van der Waals surface area contributed by atoms with Gasteiger partial charge in [-0.3, -0.25) is 14.3 Å². The van der Waals surface area contributed by atoms with Crippen molar-refractivity contribution < 1.29 is 9.90 Å². The van der Waals surface area contributed by atoms with E-state index in [0.29, 0.717) is 12.8 Å². The molecule has 0 bridgehead atoms. The van der Waals surface area contributed by atoms with E-state index < -0.39 is 5.97 Å². The molecule has 0 aliphatic rings. The smallest absolute Gasteiger partial charge is 0.303 e. The molecule has 0 aliphatic carbocycles. The number of carboxylic acid groups (broad SMARTS) is 1. The Balaban J connectivity index is 2.00. The number of hydrogen-bond acceptors (Lipinski definition) is 3. The van der Waals surface area contributed by atoms with Gasteiger partial charge in [0.15, 0.2) is 0 Å². The number of aromatic nitrogens is 3. The fraction of sp³-hybridized carbons (Fsp3) is 0.167. The number of rotatable bonds is 6. The topological polar surface area (TPSA) is 68.0 Å². The molecule has 2 heterocycles. The normalized spacial score (nSPS) is 10.6. The predicted octanol–water partition coefficient (Wildman–Crippen LogP) is 3.34. The highest BCUT2D eigenvalue weighted by Crippen LogP contribution is 2.25. The summed E-state index contributed by atoms with van der Waals surface area (Å²) >= 11 is 0. The average molecular weight is 307 g/mol. The number of hydrogen-bond donors (Lipinski definition) is 1. The summed E-state index contributed by atoms with van der Waals surface area (Å²) in [7, 11) is 0. The van der Waals surface area contributed by atoms with E-state index in [1.165, 1.54) is 0 Å². The Morgan fingerprint density at radius 2 is 1.91 bits per heavy atom. The van der Waals surface area contributed by atoms with Crippen LogP contribution in [0.3, 0.4) is 0 Å². The van der Waals surface area contributed by atoms with Crippen LogP contribution in [0.4, 0.5) is 0 Å². The van der Waals surface area contributed by atoms with Crippen molar-refractivity contribution in [2.75, 3.05) is 0 Å². The number of aliphatic carboxylic acids is 1. The Labute approximate surface area is 134 Å². The minimum absolute atomic E-state index is 0.143. The molecule has 3 aromatic rings. The van der Waals surface area contributed by atoms with Crippen LogP contribution >= 0.6 is 0 Å². The Morgan fingerprint density at radius 3 is 2.61 bits per heavy atom. The fourth-order valence-corrected chi connectivity index (χ4v) is 2.55. The summed E-state index contributed by atoms with van der Waals surface area (Å²) in [5.41, 5.74) is 2.94. The average Bonchev–Trinajstić information content (AvgIpc) is 3.00. The molecule has 0 atom stereocenters. The quantitative estimate of drug-likeness (QED) is 0.758. The third kappa shape index (κ3) is 3.45. The highest BCUT2D eigenvalue weighted by molar-refractivity contribution is 5.66. The standard InChI is InChI=1S/C18H17N3O2/c22-18(23)10-4-9-17-20-13-16(14-6-5-11-19-12-14)21(17)15-7-2-1-3-8-15/h1-3,5-8,11-13H,4,9-10H2,(H,22,23). The summed E-state index contributed by atoms with van der Waals surface area (Å²) in [4.78, 5) is 19.4. The minimum atomic E-state index is -0.782. The maximum atomic E-state index is 10.7. The molecule has 0 unspecified atom stereocenters. The van der Waals surface area contributed by atoms with Gasteiger partial charge in [0.2, 0.25) is 0 Å². The van der Waals surface area contributed by atoms with Gasteiger partial charge in [-0.05, 0) is 30.7 Å². The van der Waals surface area contributed by atoms with E-state index >= 15 is 0 Å². The maximum Gasteiger partial charge on any atom is 0.303 e. The molecule has 116 valence electrons. The molecule has 5 nitrogen and oxygen atoms in total. The lowest BCUT2D eigenvalue weighted by atomic mass is 10.2. The fourth-order valence-electron chi connectivity index (χ4n) is 2.55. The molecule has 0 spiro atoms. The molecule has 0 saturated carbocycles. The van der Waals surface area contributed by atoms with E-state index in [4.69, 9.17) is 5.11 Å². The molecule has 2 aromatic heterocycles. The van der Waals surface area contributed by atoms with Crippen LogP contribution in [0, 0.1) is 0 Å². The van der Waals surface area contributed by atoms with Crippen molar-refractivity contribution in [1.82, 2.24) is 14.5 Å². The largest absolute Gasteiger partial charge is 0.481 e. The molecule has 5 heteroatoms. The molecule has 1 N–H and O–H groups in total. The highest BCUT2D eigenvalue weighted by atomic mass is 16.4. The Hall–Kier alpha value is -2.95. The van der Waals surface area contributed by atoms with Gasteiger partial charge in [-0.25, -0.2) is 4.98 Å². The number of imidazole rings is 1. The van der Waals surface area contributed by atoms with Crippen LogP contribution in [-0.2, 0) is 11.2 Å². The lowest BCUT2D eigenvalue weighted by Gasteiger charge is -2.12. The zero-order valence-electron chi connectivity index (χ0n) is 12.6. The van der Waals surface area contributed by atoms with Gasteiger partial charge >= 0.3 is 5.97 Å². The SMILES string of the molecule is O=C(O)CCCc1ncc(-c2cccnc2)n1-c1ccccc1. The second-order valence-electron chi connectivity index (χ2n) is 5.22. The second-order valence-corrected chi connectivity index (χ2v) is 5.22. The van der Waals surface area contributed by atoms with Crippen molar-refractivity contribution >= 4 is 5.97 Å². The maximum absolute atomic E-state index is 10.7. The zero-order chi connectivity index (χ0) is 16.1. The van der Waals surface area contributed by atoms with Gasteiger partial charge in [0.05, 0.1) is 11.9 Å². The Bertz CT molecular complexity index is 783. The monoisotopic (exact) mass is 307 g/mol. The first-order valence-corrected chi connectivity index (χ1v) is 7.50.